The van der Waals surface area contributed by atoms with Gasteiger partial charge in [0.15, 0.2) is 23.1 Å². The molecule has 0 aliphatic rings. The van der Waals surface area contributed by atoms with Gasteiger partial charge < -0.3 is 18.6 Å². The van der Waals surface area contributed by atoms with Crippen LogP contribution in [-0.2, 0) is 11.2 Å². The fourth-order valence-electron chi connectivity index (χ4n) is 3.17. The molecule has 2 aromatic carbocycles. The van der Waals surface area contributed by atoms with Crippen molar-refractivity contribution in [1.29, 1.82) is 0 Å². The number of aromatic nitrogens is 1. The van der Waals surface area contributed by atoms with Crippen molar-refractivity contribution in [2.45, 2.75) is 33.6 Å². The maximum Gasteiger partial charge on any atom is 0.269 e. The highest BCUT2D eigenvalue weighted by Gasteiger charge is 2.19. The summed E-state index contributed by atoms with van der Waals surface area (Å²) in [4.78, 5) is 29.0. The van der Waals surface area contributed by atoms with Gasteiger partial charge in [-0.2, -0.15) is 0 Å². The minimum Gasteiger partial charge on any atom is -0.490 e. The number of carbonyl (C=O) groups is 2. The Morgan fingerprint density at radius 3 is 2.17 bits per heavy atom. The third-order valence-electron chi connectivity index (χ3n) is 4.74. The average molecular weight is 486 g/mol. The number of ether oxygens (including phenoxy) is 3. The van der Waals surface area contributed by atoms with Crippen LogP contribution in [-0.4, -0.2) is 36.6 Å². The molecule has 0 atom stereocenters. The number of carbonyl (C=O) groups excluding carboxylic acids is 2. The van der Waals surface area contributed by atoms with Crippen molar-refractivity contribution in [3.05, 3.63) is 59.9 Å². The molecule has 0 unspecified atom stereocenters. The van der Waals surface area contributed by atoms with E-state index >= 15 is 0 Å². The summed E-state index contributed by atoms with van der Waals surface area (Å²) in [7, 11) is 0. The number of amides is 2. The first kappa shape index (κ1) is 25.5. The SMILES string of the molecule is CCOc1cc(C(=O)NNC(=O)CCc2ncc(-c3ccc(F)cc3)o2)cc(OCC)c1OCC. The molecule has 1 aromatic heterocycles. The molecule has 0 fully saturated rings. The molecule has 186 valence electrons. The molecule has 3 rings (SSSR count). The highest BCUT2D eigenvalue weighted by molar-refractivity contribution is 5.96. The standard InChI is InChI=1S/C25H28FN3O6/c1-4-32-19-13-17(14-20(33-5-2)24(19)34-6-3)25(31)29-28-22(30)11-12-23-27-15-21(35-23)16-7-9-18(26)10-8-16/h7-10,13-15H,4-6,11-12H2,1-3H3,(H,28,30)(H,29,31). The van der Waals surface area contributed by atoms with Crippen LogP contribution >= 0.6 is 0 Å². The summed E-state index contributed by atoms with van der Waals surface area (Å²) in [5, 5.41) is 0. The zero-order valence-electron chi connectivity index (χ0n) is 19.9. The Hall–Kier alpha value is -4.08. The molecule has 0 aliphatic carbocycles. The summed E-state index contributed by atoms with van der Waals surface area (Å²) >= 11 is 0. The fraction of sp³-hybridized carbons (Fsp3) is 0.320. The number of benzene rings is 2. The van der Waals surface area contributed by atoms with Crippen molar-refractivity contribution in [2.24, 2.45) is 0 Å². The van der Waals surface area contributed by atoms with Gasteiger partial charge in [0.05, 0.1) is 26.0 Å². The van der Waals surface area contributed by atoms with E-state index < -0.39 is 11.8 Å². The van der Waals surface area contributed by atoms with Gasteiger partial charge in [0.25, 0.3) is 5.91 Å². The molecular formula is C25H28FN3O6. The number of hydrogen-bond donors (Lipinski definition) is 2. The third-order valence-corrected chi connectivity index (χ3v) is 4.74. The number of oxazole rings is 1. The Balaban J connectivity index is 1.58. The number of hydrazine groups is 1. The van der Waals surface area contributed by atoms with Crippen molar-refractivity contribution in [3.63, 3.8) is 0 Å². The number of aryl methyl sites for hydroxylation is 1. The van der Waals surface area contributed by atoms with Gasteiger partial charge in [-0.1, -0.05) is 0 Å². The van der Waals surface area contributed by atoms with Crippen LogP contribution in [0.3, 0.4) is 0 Å². The molecule has 0 radical (unpaired) electrons. The molecular weight excluding hydrogens is 457 g/mol. The van der Waals surface area contributed by atoms with E-state index in [2.05, 4.69) is 15.8 Å². The van der Waals surface area contributed by atoms with Gasteiger partial charge in [-0.25, -0.2) is 9.37 Å². The summed E-state index contributed by atoms with van der Waals surface area (Å²) in [6.07, 6.45) is 1.76. The molecule has 0 bridgehead atoms. The number of halogens is 1. The second-order valence-corrected chi connectivity index (χ2v) is 7.23. The van der Waals surface area contributed by atoms with Crippen LogP contribution in [0.5, 0.6) is 17.2 Å². The number of nitrogens with one attached hydrogen (secondary N) is 2. The topological polar surface area (TPSA) is 112 Å². The molecule has 0 aliphatic heterocycles. The summed E-state index contributed by atoms with van der Waals surface area (Å²) in [5.74, 6) is 0.664. The van der Waals surface area contributed by atoms with Gasteiger partial charge in [-0.3, -0.25) is 20.4 Å². The van der Waals surface area contributed by atoms with Crippen molar-refractivity contribution >= 4 is 11.8 Å². The van der Waals surface area contributed by atoms with Crippen LogP contribution in [0.25, 0.3) is 11.3 Å². The first-order valence-corrected chi connectivity index (χ1v) is 11.3. The zero-order chi connectivity index (χ0) is 25.2. The van der Waals surface area contributed by atoms with Gasteiger partial charge in [-0.15, -0.1) is 0 Å². The Morgan fingerprint density at radius 2 is 1.57 bits per heavy atom. The average Bonchev–Trinajstić information content (AvgIpc) is 3.33. The van der Waals surface area contributed by atoms with Crippen LogP contribution in [0.1, 0.15) is 43.4 Å². The number of rotatable bonds is 11. The highest BCUT2D eigenvalue weighted by atomic mass is 19.1. The lowest BCUT2D eigenvalue weighted by atomic mass is 10.1. The Kier molecular flexibility index (Phi) is 9.05. The smallest absolute Gasteiger partial charge is 0.269 e. The fourth-order valence-corrected chi connectivity index (χ4v) is 3.17. The van der Waals surface area contributed by atoms with E-state index in [-0.39, 0.29) is 24.2 Å². The minimum absolute atomic E-state index is 0.0291. The molecule has 0 saturated heterocycles. The van der Waals surface area contributed by atoms with Crippen molar-refractivity contribution in [3.8, 4) is 28.6 Å². The van der Waals surface area contributed by atoms with Crippen molar-refractivity contribution < 1.29 is 32.6 Å². The maximum atomic E-state index is 13.1. The van der Waals surface area contributed by atoms with Crippen LogP contribution in [0.15, 0.2) is 47.0 Å². The first-order chi connectivity index (χ1) is 16.9. The van der Waals surface area contributed by atoms with Crippen LogP contribution in [0.2, 0.25) is 0 Å². The van der Waals surface area contributed by atoms with Gasteiger partial charge in [0, 0.05) is 24.0 Å². The van der Waals surface area contributed by atoms with E-state index in [4.69, 9.17) is 18.6 Å². The summed E-state index contributed by atoms with van der Waals surface area (Å²) in [5.41, 5.74) is 5.67. The largest absolute Gasteiger partial charge is 0.490 e. The van der Waals surface area contributed by atoms with Gasteiger partial charge in [-0.05, 0) is 57.2 Å². The summed E-state index contributed by atoms with van der Waals surface area (Å²) in [6.45, 7) is 6.62. The Bertz CT molecular complexity index is 1120. The molecule has 35 heavy (non-hydrogen) atoms. The lowest BCUT2D eigenvalue weighted by molar-refractivity contribution is -0.121. The Labute approximate surface area is 202 Å². The van der Waals surface area contributed by atoms with Crippen LogP contribution < -0.4 is 25.1 Å². The van der Waals surface area contributed by atoms with E-state index in [0.29, 0.717) is 54.3 Å². The molecule has 1 heterocycles. The van der Waals surface area contributed by atoms with Crippen molar-refractivity contribution in [2.75, 3.05) is 19.8 Å². The minimum atomic E-state index is -0.543. The molecule has 2 amide bonds. The van der Waals surface area contributed by atoms with Gasteiger partial charge in [0.2, 0.25) is 11.7 Å². The second-order valence-electron chi connectivity index (χ2n) is 7.23. The molecule has 2 N–H and O–H groups in total. The van der Waals surface area contributed by atoms with Gasteiger partial charge in [0.1, 0.15) is 5.82 Å². The number of hydrogen-bond acceptors (Lipinski definition) is 7. The normalized spacial score (nSPS) is 10.5. The van der Waals surface area contributed by atoms with Crippen LogP contribution in [0, 0.1) is 5.82 Å². The molecule has 0 saturated carbocycles. The van der Waals surface area contributed by atoms with E-state index in [1.54, 1.807) is 12.1 Å². The highest BCUT2D eigenvalue weighted by Crippen LogP contribution is 2.39. The lowest BCUT2D eigenvalue weighted by Gasteiger charge is -2.17. The van der Waals surface area contributed by atoms with Crippen molar-refractivity contribution in [1.82, 2.24) is 15.8 Å². The van der Waals surface area contributed by atoms with E-state index in [1.165, 1.54) is 30.5 Å². The monoisotopic (exact) mass is 485 g/mol. The molecule has 0 spiro atoms. The van der Waals surface area contributed by atoms with E-state index in [1.807, 2.05) is 20.8 Å². The summed E-state index contributed by atoms with van der Waals surface area (Å²) < 4.78 is 35.5. The third kappa shape index (κ3) is 6.95. The maximum absolute atomic E-state index is 13.1. The quantitative estimate of drug-likeness (QED) is 0.394. The predicted octanol–water partition coefficient (Wildman–Crippen LogP) is 4.07. The van der Waals surface area contributed by atoms with E-state index in [0.717, 1.165) is 0 Å². The lowest BCUT2D eigenvalue weighted by Crippen LogP contribution is -2.41. The molecule has 9 nitrogen and oxygen atoms in total. The van der Waals surface area contributed by atoms with E-state index in [9.17, 15) is 14.0 Å². The first-order valence-electron chi connectivity index (χ1n) is 11.3. The zero-order valence-corrected chi connectivity index (χ0v) is 19.9. The Morgan fingerprint density at radius 1 is 0.943 bits per heavy atom. The van der Waals surface area contributed by atoms with Crippen LogP contribution in [0.4, 0.5) is 4.39 Å². The predicted molar refractivity (Wildman–Crippen MR) is 126 cm³/mol. The number of nitrogens with zero attached hydrogens (tertiary/aromatic N) is 1. The molecule has 3 aromatic rings. The second kappa shape index (κ2) is 12.4. The summed E-state index contributed by atoms with van der Waals surface area (Å²) in [6, 6.07) is 8.87. The molecule has 10 heteroatoms. The van der Waals surface area contributed by atoms with Gasteiger partial charge >= 0.3 is 0 Å².